The van der Waals surface area contributed by atoms with Crippen LogP contribution in [-0.4, -0.2) is 25.8 Å². The molecule has 5 heteroatoms. The molecule has 0 saturated carbocycles. The molecule has 0 bridgehead atoms. The van der Waals surface area contributed by atoms with E-state index in [4.69, 9.17) is 5.11 Å². The van der Waals surface area contributed by atoms with E-state index in [1.807, 2.05) is 39.8 Å². The normalized spacial score (nSPS) is 11.1. The average molecular weight is 273 g/mol. The van der Waals surface area contributed by atoms with Crippen LogP contribution in [0.25, 0.3) is 5.69 Å². The third-order valence-corrected chi connectivity index (χ3v) is 2.97. The van der Waals surface area contributed by atoms with Gasteiger partial charge in [0.1, 0.15) is 12.2 Å². The molecule has 0 unspecified atom stereocenters. The first-order valence-corrected chi connectivity index (χ1v) is 6.63. The van der Waals surface area contributed by atoms with Gasteiger partial charge in [-0.25, -0.2) is 9.67 Å². The van der Waals surface area contributed by atoms with Gasteiger partial charge in [0.05, 0.1) is 5.69 Å². The smallest absolute Gasteiger partial charge is 0.311 e. The topological polar surface area (TPSA) is 68.0 Å². The SMILES string of the molecule is Cc1cc(C)cc(-n2nc(C(C)C)nc2CC(=O)O)c1. The fourth-order valence-corrected chi connectivity index (χ4v) is 2.14. The van der Waals surface area contributed by atoms with Crippen molar-refractivity contribution in [2.45, 2.75) is 40.0 Å². The first-order chi connectivity index (χ1) is 9.36. The van der Waals surface area contributed by atoms with E-state index in [-0.39, 0.29) is 12.3 Å². The summed E-state index contributed by atoms with van der Waals surface area (Å²) in [6.45, 7) is 8.00. The van der Waals surface area contributed by atoms with Gasteiger partial charge in [-0.1, -0.05) is 19.9 Å². The number of hydrogen-bond donors (Lipinski definition) is 1. The molecule has 2 rings (SSSR count). The fraction of sp³-hybridized carbons (Fsp3) is 0.400. The summed E-state index contributed by atoms with van der Waals surface area (Å²) in [4.78, 5) is 15.3. The third-order valence-electron chi connectivity index (χ3n) is 2.97. The third kappa shape index (κ3) is 3.04. The molecule has 0 fully saturated rings. The first-order valence-electron chi connectivity index (χ1n) is 6.63. The number of aryl methyl sites for hydroxylation is 2. The summed E-state index contributed by atoms with van der Waals surface area (Å²) in [7, 11) is 0. The van der Waals surface area contributed by atoms with Crippen molar-refractivity contribution in [3.8, 4) is 5.69 Å². The van der Waals surface area contributed by atoms with Gasteiger partial charge >= 0.3 is 5.97 Å². The molecule has 2 aromatic rings. The first kappa shape index (κ1) is 14.2. The number of carboxylic acids is 1. The van der Waals surface area contributed by atoms with E-state index in [1.54, 1.807) is 4.68 Å². The molecular formula is C15H19N3O2. The summed E-state index contributed by atoms with van der Waals surface area (Å²) in [5.74, 6) is 0.389. The van der Waals surface area contributed by atoms with Crippen LogP contribution in [0.2, 0.25) is 0 Å². The lowest BCUT2D eigenvalue weighted by Crippen LogP contribution is -2.09. The Morgan fingerprint density at radius 3 is 2.35 bits per heavy atom. The highest BCUT2D eigenvalue weighted by atomic mass is 16.4. The molecule has 1 heterocycles. The maximum absolute atomic E-state index is 11.0. The molecule has 0 spiro atoms. The van der Waals surface area contributed by atoms with Gasteiger partial charge in [-0.15, -0.1) is 0 Å². The van der Waals surface area contributed by atoms with Crippen molar-refractivity contribution < 1.29 is 9.90 Å². The van der Waals surface area contributed by atoms with Gasteiger partial charge in [-0.2, -0.15) is 5.10 Å². The molecule has 0 aliphatic rings. The zero-order valence-electron chi connectivity index (χ0n) is 12.2. The molecule has 1 N–H and O–H groups in total. The van der Waals surface area contributed by atoms with E-state index in [2.05, 4.69) is 16.1 Å². The van der Waals surface area contributed by atoms with Gasteiger partial charge < -0.3 is 5.11 Å². The predicted octanol–water partition coefficient (Wildman–Crippen LogP) is 2.63. The molecule has 0 aliphatic carbocycles. The molecule has 0 saturated heterocycles. The minimum Gasteiger partial charge on any atom is -0.481 e. The van der Waals surface area contributed by atoms with Crippen molar-refractivity contribution in [1.82, 2.24) is 14.8 Å². The molecule has 20 heavy (non-hydrogen) atoms. The molecule has 5 nitrogen and oxygen atoms in total. The van der Waals surface area contributed by atoms with Crippen LogP contribution in [0.15, 0.2) is 18.2 Å². The summed E-state index contributed by atoms with van der Waals surface area (Å²) in [5.41, 5.74) is 3.09. The molecule has 1 aromatic heterocycles. The van der Waals surface area contributed by atoms with E-state index in [1.165, 1.54) is 0 Å². The highest BCUT2D eigenvalue weighted by molar-refractivity contribution is 5.69. The predicted molar refractivity (Wildman–Crippen MR) is 76.3 cm³/mol. The number of aromatic nitrogens is 3. The van der Waals surface area contributed by atoms with Gasteiger partial charge in [-0.05, 0) is 37.1 Å². The number of carboxylic acid groups (broad SMARTS) is 1. The highest BCUT2D eigenvalue weighted by Crippen LogP contribution is 2.18. The van der Waals surface area contributed by atoms with Crippen LogP contribution in [0.5, 0.6) is 0 Å². The van der Waals surface area contributed by atoms with Gasteiger partial charge in [0, 0.05) is 5.92 Å². The number of rotatable bonds is 4. The summed E-state index contributed by atoms with van der Waals surface area (Å²) in [5, 5.41) is 13.5. The van der Waals surface area contributed by atoms with Crippen LogP contribution < -0.4 is 0 Å². The molecule has 1 aromatic carbocycles. The van der Waals surface area contributed by atoms with E-state index >= 15 is 0 Å². The number of hydrogen-bond acceptors (Lipinski definition) is 3. The van der Waals surface area contributed by atoms with Crippen LogP contribution in [0.3, 0.4) is 0 Å². The Morgan fingerprint density at radius 2 is 1.85 bits per heavy atom. The van der Waals surface area contributed by atoms with E-state index in [0.29, 0.717) is 11.6 Å². The fourth-order valence-electron chi connectivity index (χ4n) is 2.14. The second-order valence-electron chi connectivity index (χ2n) is 5.37. The summed E-state index contributed by atoms with van der Waals surface area (Å²) in [6, 6.07) is 6.04. The summed E-state index contributed by atoms with van der Waals surface area (Å²) >= 11 is 0. The average Bonchev–Trinajstić information content (AvgIpc) is 2.70. The van der Waals surface area contributed by atoms with Crippen LogP contribution in [0, 0.1) is 13.8 Å². The van der Waals surface area contributed by atoms with Crippen LogP contribution in [0.4, 0.5) is 0 Å². The number of aliphatic carboxylic acids is 1. The second-order valence-corrected chi connectivity index (χ2v) is 5.37. The number of nitrogens with zero attached hydrogens (tertiary/aromatic N) is 3. The van der Waals surface area contributed by atoms with E-state index < -0.39 is 5.97 Å². The second kappa shape index (κ2) is 5.45. The number of carbonyl (C=O) groups is 1. The molecule has 0 radical (unpaired) electrons. The minimum atomic E-state index is -0.904. The molecule has 0 aliphatic heterocycles. The molecule has 106 valence electrons. The van der Waals surface area contributed by atoms with E-state index in [9.17, 15) is 4.79 Å². The maximum Gasteiger partial charge on any atom is 0.311 e. The molecule has 0 atom stereocenters. The standard InChI is InChI=1S/C15H19N3O2/c1-9(2)15-16-13(8-14(19)20)18(17-15)12-6-10(3)5-11(4)7-12/h5-7,9H,8H2,1-4H3,(H,19,20). The van der Waals surface area contributed by atoms with Crippen molar-refractivity contribution in [1.29, 1.82) is 0 Å². The Labute approximate surface area is 118 Å². The van der Waals surface area contributed by atoms with Gasteiger partial charge in [0.25, 0.3) is 0 Å². The lowest BCUT2D eigenvalue weighted by Gasteiger charge is -2.07. The van der Waals surface area contributed by atoms with Crippen molar-refractivity contribution in [3.05, 3.63) is 41.0 Å². The van der Waals surface area contributed by atoms with Crippen molar-refractivity contribution >= 4 is 5.97 Å². The van der Waals surface area contributed by atoms with Crippen LogP contribution >= 0.6 is 0 Å². The summed E-state index contributed by atoms with van der Waals surface area (Å²) < 4.78 is 1.64. The summed E-state index contributed by atoms with van der Waals surface area (Å²) in [6.07, 6.45) is -0.132. The van der Waals surface area contributed by atoms with E-state index in [0.717, 1.165) is 16.8 Å². The minimum absolute atomic E-state index is 0.132. The van der Waals surface area contributed by atoms with Crippen molar-refractivity contribution in [2.75, 3.05) is 0 Å². The van der Waals surface area contributed by atoms with Crippen molar-refractivity contribution in [3.63, 3.8) is 0 Å². The Kier molecular flexibility index (Phi) is 3.88. The lowest BCUT2D eigenvalue weighted by molar-refractivity contribution is -0.136. The Bertz CT molecular complexity index is 624. The zero-order valence-corrected chi connectivity index (χ0v) is 12.2. The Morgan fingerprint density at radius 1 is 1.25 bits per heavy atom. The molecule has 0 amide bonds. The van der Waals surface area contributed by atoms with Gasteiger partial charge in [0.15, 0.2) is 5.82 Å². The van der Waals surface area contributed by atoms with Crippen molar-refractivity contribution in [2.24, 2.45) is 0 Å². The quantitative estimate of drug-likeness (QED) is 0.929. The van der Waals surface area contributed by atoms with Crippen LogP contribution in [-0.2, 0) is 11.2 Å². The largest absolute Gasteiger partial charge is 0.481 e. The maximum atomic E-state index is 11.0. The zero-order chi connectivity index (χ0) is 14.9. The van der Waals surface area contributed by atoms with Gasteiger partial charge in [0.2, 0.25) is 0 Å². The lowest BCUT2D eigenvalue weighted by atomic mass is 10.1. The monoisotopic (exact) mass is 273 g/mol. The molecular weight excluding hydrogens is 254 g/mol. The van der Waals surface area contributed by atoms with Gasteiger partial charge in [-0.3, -0.25) is 4.79 Å². The number of benzene rings is 1. The Hall–Kier alpha value is -2.17. The Balaban J connectivity index is 2.55. The van der Waals surface area contributed by atoms with Crippen LogP contribution in [0.1, 0.15) is 42.5 Å². The highest BCUT2D eigenvalue weighted by Gasteiger charge is 2.16.